The summed E-state index contributed by atoms with van der Waals surface area (Å²) in [7, 11) is 0. The zero-order chi connectivity index (χ0) is 13.7. The second-order valence-electron chi connectivity index (χ2n) is 3.94. The molecule has 0 unspecified atom stereocenters. The number of hydrogen-bond donors (Lipinski definition) is 3. The Kier molecular flexibility index (Phi) is 4.54. The van der Waals surface area contributed by atoms with Crippen LogP contribution >= 0.6 is 15.9 Å². The zero-order valence-corrected chi connectivity index (χ0v) is 11.6. The number of benzene rings is 2. The quantitative estimate of drug-likeness (QED) is 0.809. The second kappa shape index (κ2) is 6.36. The maximum atomic E-state index is 11.8. The molecule has 0 atom stereocenters. The second-order valence-corrected chi connectivity index (χ2v) is 4.86. The van der Waals surface area contributed by atoms with Crippen molar-refractivity contribution in [1.29, 1.82) is 0 Å². The molecule has 2 aromatic rings. The van der Waals surface area contributed by atoms with Crippen LogP contribution < -0.4 is 10.6 Å². The summed E-state index contributed by atoms with van der Waals surface area (Å²) in [6, 6.07) is 14.0. The molecule has 0 heterocycles. The lowest BCUT2D eigenvalue weighted by atomic mass is 10.2. The van der Waals surface area contributed by atoms with Gasteiger partial charge in [-0.05, 0) is 35.9 Å². The van der Waals surface area contributed by atoms with Crippen LogP contribution in [0.5, 0.6) is 0 Å². The lowest BCUT2D eigenvalue weighted by Crippen LogP contribution is -2.19. The number of carbonyl (C=O) groups excluding carboxylic acids is 1. The first-order valence-corrected chi connectivity index (χ1v) is 6.50. The lowest BCUT2D eigenvalue weighted by Gasteiger charge is -2.08. The topological polar surface area (TPSA) is 61.4 Å². The largest absolute Gasteiger partial charge is 0.392 e. The van der Waals surface area contributed by atoms with Crippen molar-refractivity contribution >= 4 is 33.3 Å². The molecule has 2 rings (SSSR count). The van der Waals surface area contributed by atoms with E-state index in [2.05, 4.69) is 26.6 Å². The molecule has 0 fully saturated rings. The Morgan fingerprint density at radius 2 is 1.74 bits per heavy atom. The van der Waals surface area contributed by atoms with Crippen LogP contribution in [-0.2, 0) is 6.61 Å². The van der Waals surface area contributed by atoms with E-state index in [1.54, 1.807) is 30.3 Å². The molecule has 0 aliphatic carbocycles. The number of carbonyl (C=O) groups is 1. The Morgan fingerprint density at radius 1 is 1.05 bits per heavy atom. The SMILES string of the molecule is O=C(Nc1ccc(CO)cc1)Nc1cccc(Br)c1. The van der Waals surface area contributed by atoms with E-state index >= 15 is 0 Å². The fourth-order valence-electron chi connectivity index (χ4n) is 1.55. The maximum absolute atomic E-state index is 11.8. The van der Waals surface area contributed by atoms with Gasteiger partial charge in [-0.1, -0.05) is 34.1 Å². The molecule has 2 amide bonds. The zero-order valence-electron chi connectivity index (χ0n) is 10.1. The van der Waals surface area contributed by atoms with Crippen LogP contribution in [0.15, 0.2) is 53.0 Å². The Hall–Kier alpha value is -1.85. The standard InChI is InChI=1S/C14H13BrN2O2/c15-11-2-1-3-13(8-11)17-14(19)16-12-6-4-10(9-18)5-7-12/h1-8,18H,9H2,(H2,16,17,19). The number of urea groups is 1. The molecule has 0 aromatic heterocycles. The van der Waals surface area contributed by atoms with Crippen molar-refractivity contribution in [2.75, 3.05) is 10.6 Å². The molecule has 19 heavy (non-hydrogen) atoms. The van der Waals surface area contributed by atoms with Gasteiger partial charge in [0.2, 0.25) is 0 Å². The number of aliphatic hydroxyl groups is 1. The number of aliphatic hydroxyl groups excluding tert-OH is 1. The molecule has 0 bridgehead atoms. The van der Waals surface area contributed by atoms with Crippen LogP contribution in [0.4, 0.5) is 16.2 Å². The highest BCUT2D eigenvalue weighted by molar-refractivity contribution is 9.10. The molecule has 4 nitrogen and oxygen atoms in total. The Labute approximate surface area is 119 Å². The number of rotatable bonds is 3. The van der Waals surface area contributed by atoms with Crippen molar-refractivity contribution in [2.24, 2.45) is 0 Å². The molecule has 0 saturated heterocycles. The summed E-state index contributed by atoms with van der Waals surface area (Å²) in [5, 5.41) is 14.4. The molecule has 0 aliphatic rings. The van der Waals surface area contributed by atoms with Gasteiger partial charge in [0.05, 0.1) is 6.61 Å². The minimum Gasteiger partial charge on any atom is -0.392 e. The fourth-order valence-corrected chi connectivity index (χ4v) is 1.95. The van der Waals surface area contributed by atoms with Gasteiger partial charge in [-0.3, -0.25) is 0 Å². The van der Waals surface area contributed by atoms with E-state index in [4.69, 9.17) is 5.11 Å². The van der Waals surface area contributed by atoms with Gasteiger partial charge in [-0.25, -0.2) is 4.79 Å². The summed E-state index contributed by atoms with van der Waals surface area (Å²) in [5.74, 6) is 0. The molecule has 2 aromatic carbocycles. The van der Waals surface area contributed by atoms with Crippen molar-refractivity contribution in [3.63, 3.8) is 0 Å². The highest BCUT2D eigenvalue weighted by Gasteiger charge is 2.02. The van der Waals surface area contributed by atoms with Gasteiger partial charge in [0, 0.05) is 15.8 Å². The first-order chi connectivity index (χ1) is 9.17. The smallest absolute Gasteiger partial charge is 0.323 e. The van der Waals surface area contributed by atoms with E-state index in [0.29, 0.717) is 11.4 Å². The number of nitrogens with one attached hydrogen (secondary N) is 2. The van der Waals surface area contributed by atoms with Gasteiger partial charge in [-0.15, -0.1) is 0 Å². The van der Waals surface area contributed by atoms with Crippen LogP contribution in [-0.4, -0.2) is 11.1 Å². The summed E-state index contributed by atoms with van der Waals surface area (Å²) in [5.41, 5.74) is 2.18. The molecule has 0 spiro atoms. The number of anilines is 2. The summed E-state index contributed by atoms with van der Waals surface area (Å²) in [6.07, 6.45) is 0. The van der Waals surface area contributed by atoms with Gasteiger partial charge in [0.25, 0.3) is 0 Å². The summed E-state index contributed by atoms with van der Waals surface area (Å²) in [6.45, 7) is -0.00941. The third-order valence-electron chi connectivity index (χ3n) is 2.48. The van der Waals surface area contributed by atoms with E-state index in [-0.39, 0.29) is 12.6 Å². The van der Waals surface area contributed by atoms with E-state index < -0.39 is 0 Å². The van der Waals surface area contributed by atoms with Gasteiger partial charge >= 0.3 is 6.03 Å². The van der Waals surface area contributed by atoms with Crippen LogP contribution in [0.1, 0.15) is 5.56 Å². The van der Waals surface area contributed by atoms with Crippen LogP contribution in [0, 0.1) is 0 Å². The van der Waals surface area contributed by atoms with E-state index in [1.807, 2.05) is 18.2 Å². The summed E-state index contributed by atoms with van der Waals surface area (Å²) >= 11 is 3.34. The molecule has 0 aliphatic heterocycles. The molecular formula is C14H13BrN2O2. The highest BCUT2D eigenvalue weighted by Crippen LogP contribution is 2.16. The molecular weight excluding hydrogens is 308 g/mol. The van der Waals surface area contributed by atoms with Crippen LogP contribution in [0.3, 0.4) is 0 Å². The van der Waals surface area contributed by atoms with Crippen molar-refractivity contribution in [3.05, 3.63) is 58.6 Å². The molecule has 0 radical (unpaired) electrons. The van der Waals surface area contributed by atoms with E-state index in [1.165, 1.54) is 0 Å². The van der Waals surface area contributed by atoms with E-state index in [9.17, 15) is 4.79 Å². The highest BCUT2D eigenvalue weighted by atomic mass is 79.9. The fraction of sp³-hybridized carbons (Fsp3) is 0.0714. The Balaban J connectivity index is 1.97. The predicted molar refractivity (Wildman–Crippen MR) is 79.1 cm³/mol. The average molecular weight is 321 g/mol. The third-order valence-corrected chi connectivity index (χ3v) is 2.97. The minimum absolute atomic E-state index is 0.00941. The number of amides is 2. The lowest BCUT2D eigenvalue weighted by molar-refractivity contribution is 0.262. The molecule has 0 saturated carbocycles. The van der Waals surface area contributed by atoms with Crippen LogP contribution in [0.2, 0.25) is 0 Å². The van der Waals surface area contributed by atoms with Gasteiger partial charge < -0.3 is 15.7 Å². The minimum atomic E-state index is -0.310. The Bertz CT molecular complexity index is 570. The summed E-state index contributed by atoms with van der Waals surface area (Å²) in [4.78, 5) is 11.8. The maximum Gasteiger partial charge on any atom is 0.323 e. The van der Waals surface area contributed by atoms with Crippen molar-refractivity contribution in [1.82, 2.24) is 0 Å². The first-order valence-electron chi connectivity index (χ1n) is 5.71. The monoisotopic (exact) mass is 320 g/mol. The van der Waals surface area contributed by atoms with Crippen molar-refractivity contribution < 1.29 is 9.90 Å². The van der Waals surface area contributed by atoms with Gasteiger partial charge in [0.1, 0.15) is 0 Å². The van der Waals surface area contributed by atoms with Gasteiger partial charge in [0.15, 0.2) is 0 Å². The Morgan fingerprint density at radius 3 is 2.37 bits per heavy atom. The van der Waals surface area contributed by atoms with Gasteiger partial charge in [-0.2, -0.15) is 0 Å². The first kappa shape index (κ1) is 13.6. The molecule has 3 N–H and O–H groups in total. The summed E-state index contributed by atoms with van der Waals surface area (Å²) < 4.78 is 0.901. The van der Waals surface area contributed by atoms with Crippen molar-refractivity contribution in [3.8, 4) is 0 Å². The normalized spacial score (nSPS) is 10.0. The number of halogens is 1. The average Bonchev–Trinajstić information content (AvgIpc) is 2.39. The molecule has 98 valence electrons. The number of hydrogen-bond acceptors (Lipinski definition) is 2. The van der Waals surface area contributed by atoms with Crippen LogP contribution in [0.25, 0.3) is 0 Å². The third kappa shape index (κ3) is 4.08. The van der Waals surface area contributed by atoms with Crippen molar-refractivity contribution in [2.45, 2.75) is 6.61 Å². The van der Waals surface area contributed by atoms with E-state index in [0.717, 1.165) is 10.0 Å². The predicted octanol–water partition coefficient (Wildman–Crippen LogP) is 3.59. The molecule has 5 heteroatoms.